The molecule has 0 radical (unpaired) electrons. The molecule has 132 valence electrons. The predicted molar refractivity (Wildman–Crippen MR) is 111 cm³/mol. The molecule has 1 aromatic heterocycles. The summed E-state index contributed by atoms with van der Waals surface area (Å²) in [4.78, 5) is 0.846. The van der Waals surface area contributed by atoms with E-state index in [4.69, 9.17) is 17.0 Å². The van der Waals surface area contributed by atoms with Crippen LogP contribution < -0.4 is 4.74 Å². The van der Waals surface area contributed by atoms with Gasteiger partial charge in [0, 0.05) is 12.0 Å². The summed E-state index contributed by atoms with van der Waals surface area (Å²) in [7, 11) is 0.133. The summed E-state index contributed by atoms with van der Waals surface area (Å²) in [6.07, 6.45) is 0.482. The Morgan fingerprint density at radius 3 is 2.42 bits per heavy atom. The first-order valence-electron chi connectivity index (χ1n) is 7.22. The quantitative estimate of drug-likeness (QED) is 0.279. The van der Waals surface area contributed by atoms with Gasteiger partial charge in [0.25, 0.3) is 10.1 Å². The second kappa shape index (κ2) is 9.07. The minimum atomic E-state index is -4.37. The molecule has 0 saturated heterocycles. The summed E-state index contributed by atoms with van der Waals surface area (Å²) >= 11 is 5.46. The molecule has 9 heteroatoms. The number of rotatable bonds is 5. The third-order valence-corrected chi connectivity index (χ3v) is 7.71. The van der Waals surface area contributed by atoms with Gasteiger partial charge in [0.2, 0.25) is 0 Å². The van der Waals surface area contributed by atoms with Crippen molar-refractivity contribution >= 4 is 72.6 Å². The monoisotopic (exact) mass is 434 g/mol. The standard InChI is InChI=1S/C17H14O4S4.Na.H/c1-21-14-8-7-11(10-15(14)25(18,19)20)9-13-16(23-24-17(13)22)12-5-3-2-4-6-12;;/h2-8,10H,9H2,1H3,(H,18,19,20);;. The zero-order chi connectivity index (χ0) is 18.0. The second-order valence-corrected chi connectivity index (χ2v) is 9.47. The van der Waals surface area contributed by atoms with Crippen molar-refractivity contribution in [2.45, 2.75) is 11.3 Å². The van der Waals surface area contributed by atoms with Gasteiger partial charge in [-0.15, -0.1) is 0 Å². The molecule has 0 atom stereocenters. The van der Waals surface area contributed by atoms with Gasteiger partial charge < -0.3 is 4.74 Å². The van der Waals surface area contributed by atoms with Gasteiger partial charge in [-0.25, -0.2) is 0 Å². The van der Waals surface area contributed by atoms with Crippen molar-refractivity contribution in [3.8, 4) is 16.2 Å². The van der Waals surface area contributed by atoms with E-state index in [1.807, 2.05) is 30.3 Å². The Labute approximate surface area is 186 Å². The average molecular weight is 435 g/mol. The molecule has 0 amide bonds. The molecule has 3 rings (SSSR count). The van der Waals surface area contributed by atoms with Gasteiger partial charge in [0.1, 0.15) is 14.5 Å². The van der Waals surface area contributed by atoms with Crippen LogP contribution in [0.15, 0.2) is 53.4 Å². The second-order valence-electron chi connectivity index (χ2n) is 5.26. The molecule has 0 bridgehead atoms. The third-order valence-electron chi connectivity index (χ3n) is 3.64. The van der Waals surface area contributed by atoms with Crippen molar-refractivity contribution in [1.82, 2.24) is 0 Å². The Morgan fingerprint density at radius 1 is 1.12 bits per heavy atom. The van der Waals surface area contributed by atoms with Crippen LogP contribution in [0.1, 0.15) is 11.1 Å². The average Bonchev–Trinajstić information content (AvgIpc) is 2.95. The fourth-order valence-corrected chi connectivity index (χ4v) is 6.10. The predicted octanol–water partition coefficient (Wildman–Crippen LogP) is 4.40. The Hall–Kier alpha value is -0.580. The molecule has 1 N–H and O–H groups in total. The fraction of sp³-hybridized carbons (Fsp3) is 0.118. The van der Waals surface area contributed by atoms with Crippen LogP contribution in [0.5, 0.6) is 5.75 Å². The van der Waals surface area contributed by atoms with Crippen LogP contribution in [0.2, 0.25) is 0 Å². The first-order valence-corrected chi connectivity index (χ1v) is 11.2. The van der Waals surface area contributed by atoms with Crippen molar-refractivity contribution in [2.75, 3.05) is 7.11 Å². The summed E-state index contributed by atoms with van der Waals surface area (Å²) in [5.41, 5.74) is 2.81. The Balaban J connectivity index is 0.00000243. The summed E-state index contributed by atoms with van der Waals surface area (Å²) in [5, 5.41) is 0. The van der Waals surface area contributed by atoms with Crippen molar-refractivity contribution in [1.29, 1.82) is 0 Å². The molecule has 4 nitrogen and oxygen atoms in total. The van der Waals surface area contributed by atoms with E-state index in [-0.39, 0.29) is 40.2 Å². The molecule has 0 spiro atoms. The van der Waals surface area contributed by atoms with E-state index < -0.39 is 10.1 Å². The molecular formula is C17H15NaO4S4. The first-order chi connectivity index (χ1) is 11.9. The Morgan fingerprint density at radius 2 is 1.81 bits per heavy atom. The molecule has 1 heterocycles. The summed E-state index contributed by atoms with van der Waals surface area (Å²) in [6.45, 7) is 0. The SMILES string of the molecule is COc1ccc(Cc2c(-c3ccccc3)ssc2=S)cc1S(=O)(=O)O.[NaH]. The van der Waals surface area contributed by atoms with Crippen molar-refractivity contribution in [3.63, 3.8) is 0 Å². The van der Waals surface area contributed by atoms with E-state index in [9.17, 15) is 13.0 Å². The van der Waals surface area contributed by atoms with Crippen molar-refractivity contribution in [2.24, 2.45) is 0 Å². The minimum absolute atomic E-state index is 0. The van der Waals surface area contributed by atoms with Gasteiger partial charge in [-0.3, -0.25) is 4.55 Å². The number of ether oxygens (including phenoxy) is 1. The molecule has 0 fully saturated rings. The van der Waals surface area contributed by atoms with E-state index in [1.165, 1.54) is 23.5 Å². The van der Waals surface area contributed by atoms with E-state index in [2.05, 4.69) is 0 Å². The Bertz CT molecular complexity index is 1060. The fourth-order valence-electron chi connectivity index (χ4n) is 2.47. The van der Waals surface area contributed by atoms with Crippen LogP contribution in [0, 0.1) is 3.82 Å². The van der Waals surface area contributed by atoms with Gasteiger partial charge in [0.05, 0.1) is 12.0 Å². The topological polar surface area (TPSA) is 63.6 Å². The number of hydrogen-bond donors (Lipinski definition) is 1. The van der Waals surface area contributed by atoms with Crippen molar-refractivity contribution in [3.05, 3.63) is 63.5 Å². The first kappa shape index (κ1) is 21.7. The summed E-state index contributed by atoms with van der Waals surface area (Å²) in [5.74, 6) is 0.112. The third kappa shape index (κ3) is 4.82. The molecule has 2 aromatic carbocycles. The molecule has 0 unspecified atom stereocenters. The zero-order valence-electron chi connectivity index (χ0n) is 13.1. The summed E-state index contributed by atoms with van der Waals surface area (Å²) in [6, 6.07) is 14.7. The van der Waals surface area contributed by atoms with E-state index in [0.717, 1.165) is 25.4 Å². The van der Waals surface area contributed by atoms with Crippen LogP contribution in [-0.4, -0.2) is 49.6 Å². The summed E-state index contributed by atoms with van der Waals surface area (Å²) < 4.78 is 38.4. The van der Waals surface area contributed by atoms with Gasteiger partial charge in [-0.2, -0.15) is 8.42 Å². The molecule has 0 aliphatic rings. The maximum atomic E-state index is 11.6. The van der Waals surface area contributed by atoms with Crippen LogP contribution in [0.3, 0.4) is 0 Å². The normalized spacial score (nSPS) is 11.0. The molecule has 0 saturated carbocycles. The number of benzene rings is 2. The zero-order valence-corrected chi connectivity index (χ0v) is 16.4. The molecule has 26 heavy (non-hydrogen) atoms. The van der Waals surface area contributed by atoms with Gasteiger partial charge in [0.15, 0.2) is 0 Å². The van der Waals surface area contributed by atoms with Crippen LogP contribution in [-0.2, 0) is 16.5 Å². The van der Waals surface area contributed by atoms with Gasteiger partial charge in [-0.1, -0.05) is 69.3 Å². The number of methoxy groups -OCH3 is 1. The molecule has 3 aromatic rings. The maximum absolute atomic E-state index is 11.6. The van der Waals surface area contributed by atoms with E-state index in [1.54, 1.807) is 22.5 Å². The number of hydrogen-bond acceptors (Lipinski definition) is 6. The Kier molecular flexibility index (Phi) is 7.58. The van der Waals surface area contributed by atoms with Crippen LogP contribution in [0.25, 0.3) is 10.4 Å². The molecule has 0 aliphatic heterocycles. The van der Waals surface area contributed by atoms with E-state index in [0.29, 0.717) is 6.42 Å². The molecular weight excluding hydrogens is 419 g/mol. The molecule has 0 aliphatic carbocycles. The van der Waals surface area contributed by atoms with E-state index >= 15 is 0 Å². The van der Waals surface area contributed by atoms with Crippen LogP contribution >= 0.6 is 32.9 Å². The van der Waals surface area contributed by atoms with Crippen molar-refractivity contribution < 1.29 is 17.7 Å². The van der Waals surface area contributed by atoms with Gasteiger partial charge >= 0.3 is 29.6 Å². The van der Waals surface area contributed by atoms with Gasteiger partial charge in [-0.05, 0) is 23.3 Å². The van der Waals surface area contributed by atoms with Crippen LogP contribution in [0.4, 0.5) is 0 Å².